The number of rotatable bonds is 3. The van der Waals surface area contributed by atoms with Crippen molar-refractivity contribution in [1.29, 1.82) is 5.41 Å². The highest BCUT2D eigenvalue weighted by Gasteiger charge is 2.36. The second-order valence-corrected chi connectivity index (χ2v) is 3.88. The summed E-state index contributed by atoms with van der Waals surface area (Å²) in [6, 6.07) is 0. The second-order valence-electron chi connectivity index (χ2n) is 3.88. The van der Waals surface area contributed by atoms with Crippen molar-refractivity contribution in [3.63, 3.8) is 0 Å². The first-order chi connectivity index (χ1) is 7.82. The fourth-order valence-corrected chi connectivity index (χ4v) is 1.59. The molecular weight excluding hydrogens is 228 g/mol. The van der Waals surface area contributed by atoms with Crippen LogP contribution in [0.3, 0.4) is 0 Å². The first-order valence-electron chi connectivity index (χ1n) is 4.94. The van der Waals surface area contributed by atoms with Gasteiger partial charge in [0.15, 0.2) is 0 Å². The summed E-state index contributed by atoms with van der Waals surface area (Å²) < 4.78 is 0. The highest BCUT2D eigenvalue weighted by molar-refractivity contribution is 6.00. The maximum absolute atomic E-state index is 11.5. The fourth-order valence-electron chi connectivity index (χ4n) is 1.59. The van der Waals surface area contributed by atoms with E-state index in [2.05, 4.69) is 0 Å². The summed E-state index contributed by atoms with van der Waals surface area (Å²) in [4.78, 5) is 35.1. The molecule has 0 aliphatic carbocycles. The molecule has 0 radical (unpaired) electrons. The van der Waals surface area contributed by atoms with Gasteiger partial charge in [0, 0.05) is 20.0 Å². The lowest BCUT2D eigenvalue weighted by Crippen LogP contribution is -2.44. The monoisotopic (exact) mass is 242 g/mol. The molecule has 1 fully saturated rings. The highest BCUT2D eigenvalue weighted by Crippen LogP contribution is 2.18. The van der Waals surface area contributed by atoms with Crippen molar-refractivity contribution in [3.05, 3.63) is 0 Å². The van der Waals surface area contributed by atoms with Crippen LogP contribution in [0.4, 0.5) is 0 Å². The van der Waals surface area contributed by atoms with Crippen molar-refractivity contribution in [2.24, 2.45) is 11.7 Å². The molecule has 8 nitrogen and oxygen atoms in total. The maximum atomic E-state index is 11.5. The molecule has 2 amide bonds. The number of nitrogens with zero attached hydrogens (tertiary/aromatic N) is 2. The number of carboxylic acid groups (broad SMARTS) is 1. The Morgan fingerprint density at radius 3 is 2.65 bits per heavy atom. The molecule has 0 aromatic rings. The second kappa shape index (κ2) is 4.81. The van der Waals surface area contributed by atoms with Gasteiger partial charge in [-0.2, -0.15) is 0 Å². The zero-order valence-corrected chi connectivity index (χ0v) is 9.34. The average molecular weight is 242 g/mol. The first kappa shape index (κ1) is 12.9. The minimum absolute atomic E-state index is 0.0291. The van der Waals surface area contributed by atoms with Crippen LogP contribution in [0.2, 0.25) is 0 Å². The standard InChI is InChI=1S/C9H14N4O4/c1-12(4-7(15)16)9(11)13-3-5(8(10)17)2-6(13)14/h5,11H,2-4H2,1H3,(H2,10,17)(H,15,16). The summed E-state index contributed by atoms with van der Waals surface area (Å²) in [5.74, 6) is -2.93. The molecule has 0 bridgehead atoms. The van der Waals surface area contributed by atoms with Crippen molar-refractivity contribution in [1.82, 2.24) is 9.80 Å². The van der Waals surface area contributed by atoms with Gasteiger partial charge in [-0.3, -0.25) is 24.7 Å². The summed E-state index contributed by atoms with van der Waals surface area (Å²) >= 11 is 0. The molecule has 1 heterocycles. The summed E-state index contributed by atoms with van der Waals surface area (Å²) in [5, 5.41) is 16.2. The Kier molecular flexibility index (Phi) is 3.66. The van der Waals surface area contributed by atoms with E-state index >= 15 is 0 Å². The molecule has 1 rings (SSSR count). The number of hydrogen-bond acceptors (Lipinski definition) is 4. The zero-order valence-electron chi connectivity index (χ0n) is 9.34. The number of primary amides is 1. The number of nitrogens with one attached hydrogen (secondary N) is 1. The van der Waals surface area contributed by atoms with Crippen molar-refractivity contribution in [2.45, 2.75) is 6.42 Å². The van der Waals surface area contributed by atoms with Gasteiger partial charge in [0.25, 0.3) is 0 Å². The molecule has 0 saturated carbocycles. The van der Waals surface area contributed by atoms with Gasteiger partial charge in [-0.1, -0.05) is 0 Å². The molecule has 1 saturated heterocycles. The molecule has 0 aromatic heterocycles. The summed E-state index contributed by atoms with van der Waals surface area (Å²) in [7, 11) is 1.39. The fraction of sp³-hybridized carbons (Fsp3) is 0.556. The largest absolute Gasteiger partial charge is 0.480 e. The lowest BCUT2D eigenvalue weighted by Gasteiger charge is -2.24. The van der Waals surface area contributed by atoms with Crippen LogP contribution in [-0.4, -0.2) is 58.8 Å². The molecule has 94 valence electrons. The Hall–Kier alpha value is -2.12. The Bertz CT molecular complexity index is 381. The van der Waals surface area contributed by atoms with Crippen molar-refractivity contribution in [2.75, 3.05) is 20.1 Å². The molecule has 4 N–H and O–H groups in total. The molecular formula is C9H14N4O4. The van der Waals surface area contributed by atoms with E-state index in [4.69, 9.17) is 16.2 Å². The van der Waals surface area contributed by atoms with Crippen LogP contribution in [0.1, 0.15) is 6.42 Å². The van der Waals surface area contributed by atoms with Crippen LogP contribution in [0.25, 0.3) is 0 Å². The van der Waals surface area contributed by atoms with Crippen LogP contribution in [0.5, 0.6) is 0 Å². The summed E-state index contributed by atoms with van der Waals surface area (Å²) in [6.45, 7) is -0.346. The molecule has 8 heteroatoms. The SMILES string of the molecule is CN(CC(=O)O)C(=N)N1CC(C(N)=O)CC1=O. The Morgan fingerprint density at radius 1 is 1.65 bits per heavy atom. The lowest BCUT2D eigenvalue weighted by molar-refractivity contribution is -0.137. The predicted molar refractivity (Wildman–Crippen MR) is 57.0 cm³/mol. The van der Waals surface area contributed by atoms with Gasteiger partial charge in [-0.25, -0.2) is 0 Å². The predicted octanol–water partition coefficient (Wildman–Crippen LogP) is -1.73. The van der Waals surface area contributed by atoms with Gasteiger partial charge >= 0.3 is 5.97 Å². The van der Waals surface area contributed by atoms with E-state index in [-0.39, 0.29) is 25.5 Å². The number of likely N-dealkylation sites (tertiary alicyclic amines) is 1. The van der Waals surface area contributed by atoms with Crippen molar-refractivity contribution < 1.29 is 19.5 Å². The number of amides is 2. The number of guanidine groups is 1. The summed E-state index contributed by atoms with van der Waals surface area (Å²) in [6.07, 6.45) is -0.0291. The van der Waals surface area contributed by atoms with E-state index in [1.54, 1.807) is 0 Å². The van der Waals surface area contributed by atoms with E-state index in [0.29, 0.717) is 0 Å². The van der Waals surface area contributed by atoms with E-state index in [1.807, 2.05) is 0 Å². The number of hydrogen-bond donors (Lipinski definition) is 3. The van der Waals surface area contributed by atoms with Crippen LogP contribution in [-0.2, 0) is 14.4 Å². The van der Waals surface area contributed by atoms with Gasteiger partial charge < -0.3 is 15.7 Å². The van der Waals surface area contributed by atoms with E-state index in [0.717, 1.165) is 9.80 Å². The smallest absolute Gasteiger partial charge is 0.323 e. The number of carboxylic acids is 1. The Morgan fingerprint density at radius 2 is 2.24 bits per heavy atom. The van der Waals surface area contributed by atoms with Crippen LogP contribution in [0.15, 0.2) is 0 Å². The zero-order chi connectivity index (χ0) is 13.2. The van der Waals surface area contributed by atoms with Gasteiger partial charge in [0.05, 0.1) is 5.92 Å². The Labute approximate surface area is 97.5 Å². The summed E-state index contributed by atoms with van der Waals surface area (Å²) in [5.41, 5.74) is 5.08. The van der Waals surface area contributed by atoms with Crippen LogP contribution in [0, 0.1) is 11.3 Å². The van der Waals surface area contributed by atoms with E-state index < -0.39 is 23.7 Å². The molecule has 1 aliphatic rings. The van der Waals surface area contributed by atoms with E-state index in [9.17, 15) is 14.4 Å². The van der Waals surface area contributed by atoms with Crippen LogP contribution >= 0.6 is 0 Å². The number of likely N-dealkylation sites (N-methyl/N-ethyl adjacent to an activating group) is 1. The number of carbonyl (C=O) groups excluding carboxylic acids is 2. The molecule has 0 aromatic carbocycles. The third-order valence-electron chi connectivity index (χ3n) is 2.52. The topological polar surface area (TPSA) is 128 Å². The molecule has 1 aliphatic heterocycles. The minimum atomic E-state index is -1.10. The van der Waals surface area contributed by atoms with E-state index in [1.165, 1.54) is 7.05 Å². The third-order valence-corrected chi connectivity index (χ3v) is 2.52. The lowest BCUT2D eigenvalue weighted by atomic mass is 10.1. The highest BCUT2D eigenvalue weighted by atomic mass is 16.4. The number of carbonyl (C=O) groups is 3. The molecule has 1 atom stereocenters. The quantitative estimate of drug-likeness (QED) is 0.400. The molecule has 17 heavy (non-hydrogen) atoms. The number of aliphatic carboxylic acids is 1. The van der Waals surface area contributed by atoms with Crippen molar-refractivity contribution >= 4 is 23.7 Å². The maximum Gasteiger partial charge on any atom is 0.323 e. The van der Waals surface area contributed by atoms with Gasteiger partial charge in [-0.05, 0) is 0 Å². The van der Waals surface area contributed by atoms with Gasteiger partial charge in [-0.15, -0.1) is 0 Å². The van der Waals surface area contributed by atoms with Gasteiger partial charge in [0.1, 0.15) is 6.54 Å². The minimum Gasteiger partial charge on any atom is -0.480 e. The average Bonchev–Trinajstić information content (AvgIpc) is 2.58. The Balaban J connectivity index is 2.67. The first-order valence-corrected chi connectivity index (χ1v) is 4.94. The van der Waals surface area contributed by atoms with Crippen molar-refractivity contribution in [3.8, 4) is 0 Å². The third kappa shape index (κ3) is 2.92. The van der Waals surface area contributed by atoms with Crippen LogP contribution < -0.4 is 5.73 Å². The number of nitrogens with two attached hydrogens (primary N) is 1. The normalized spacial score (nSPS) is 19.2. The van der Waals surface area contributed by atoms with Gasteiger partial charge in [0.2, 0.25) is 17.8 Å². The molecule has 1 unspecified atom stereocenters. The molecule has 0 spiro atoms.